The van der Waals surface area contributed by atoms with Crippen molar-refractivity contribution in [2.24, 2.45) is 17.3 Å². The average molecular weight is 400 g/mol. The van der Waals surface area contributed by atoms with Gasteiger partial charge in [0.1, 0.15) is 11.3 Å². The van der Waals surface area contributed by atoms with Gasteiger partial charge in [0.05, 0.1) is 5.46 Å². The van der Waals surface area contributed by atoms with Crippen LogP contribution in [0.25, 0.3) is 11.0 Å². The molecule has 0 radical (unpaired) electrons. The van der Waals surface area contributed by atoms with Crippen LogP contribution in [0.4, 0.5) is 0 Å². The van der Waals surface area contributed by atoms with Gasteiger partial charge in [0.2, 0.25) is 0 Å². The van der Waals surface area contributed by atoms with Crippen LogP contribution in [0.15, 0.2) is 10.5 Å². The summed E-state index contributed by atoms with van der Waals surface area (Å²) in [4.78, 5) is 0. The first-order chi connectivity index (χ1) is 13.5. The Balaban J connectivity index is 2.10. The fraction of sp³-hybridized carbons (Fsp3) is 0.652. The Hall–Kier alpha value is -1.66. The second kappa shape index (κ2) is 6.68. The molecular formula is C23H33BO5. The SMILES string of the molecule is CC(C)C1CCC2C(C)(C)CCCC2(C)c2c1oc1c(B(O)O)c(O)c(O)cc21. The summed E-state index contributed by atoms with van der Waals surface area (Å²) in [6.07, 6.45) is 5.49. The Bertz CT molecular complexity index is 945. The standard InChI is InChI=1S/C23H33BO5/c1-12(2)13-7-8-16-22(3,4)9-6-10-23(16,5)17-14-11-15(25)19(26)18(24(27)28)21(14)29-20(13)17/h11-13,16,25-28H,6-10H2,1-5H3. The van der Waals surface area contributed by atoms with E-state index in [2.05, 4.69) is 34.6 Å². The summed E-state index contributed by atoms with van der Waals surface area (Å²) in [6, 6.07) is 1.55. The molecule has 158 valence electrons. The quantitative estimate of drug-likeness (QED) is 0.449. The fourth-order valence-electron chi connectivity index (χ4n) is 6.58. The third kappa shape index (κ3) is 2.90. The maximum Gasteiger partial charge on any atom is 0.496 e. The third-order valence-electron chi connectivity index (χ3n) is 7.96. The second-order valence-corrected chi connectivity index (χ2v) is 10.5. The van der Waals surface area contributed by atoms with E-state index in [4.69, 9.17) is 4.42 Å². The monoisotopic (exact) mass is 400 g/mol. The average Bonchev–Trinajstić information content (AvgIpc) is 2.89. The molecule has 1 aromatic heterocycles. The van der Waals surface area contributed by atoms with E-state index in [1.165, 1.54) is 6.42 Å². The van der Waals surface area contributed by atoms with Gasteiger partial charge in [-0.1, -0.05) is 41.0 Å². The van der Waals surface area contributed by atoms with Crippen LogP contribution in [-0.4, -0.2) is 27.4 Å². The van der Waals surface area contributed by atoms with Crippen LogP contribution in [0.5, 0.6) is 11.5 Å². The van der Waals surface area contributed by atoms with Gasteiger partial charge < -0.3 is 24.7 Å². The molecule has 1 aromatic carbocycles. The molecule has 0 bridgehead atoms. The van der Waals surface area contributed by atoms with Crippen LogP contribution in [0, 0.1) is 17.3 Å². The van der Waals surface area contributed by atoms with Gasteiger partial charge in [-0.2, -0.15) is 0 Å². The van der Waals surface area contributed by atoms with Gasteiger partial charge in [-0.15, -0.1) is 0 Å². The summed E-state index contributed by atoms with van der Waals surface area (Å²) in [5.74, 6) is 1.07. The summed E-state index contributed by atoms with van der Waals surface area (Å²) in [7, 11) is -1.93. The molecule has 0 spiro atoms. The van der Waals surface area contributed by atoms with Gasteiger partial charge in [0.25, 0.3) is 0 Å². The van der Waals surface area contributed by atoms with Crippen molar-refractivity contribution < 1.29 is 24.7 Å². The topological polar surface area (TPSA) is 94.1 Å². The zero-order chi connectivity index (χ0) is 21.3. The highest BCUT2D eigenvalue weighted by molar-refractivity contribution is 6.63. The molecule has 0 saturated heterocycles. The molecule has 1 fully saturated rings. The van der Waals surface area contributed by atoms with Gasteiger partial charge >= 0.3 is 7.12 Å². The van der Waals surface area contributed by atoms with E-state index in [1.807, 2.05) is 0 Å². The number of furan rings is 1. The highest BCUT2D eigenvalue weighted by atomic mass is 16.4. The lowest BCUT2D eigenvalue weighted by atomic mass is 9.53. The van der Waals surface area contributed by atoms with Crippen molar-refractivity contribution in [3.8, 4) is 11.5 Å². The summed E-state index contributed by atoms with van der Waals surface area (Å²) < 4.78 is 6.36. The molecule has 6 heteroatoms. The minimum Gasteiger partial charge on any atom is -0.504 e. The first-order valence-corrected chi connectivity index (χ1v) is 10.9. The molecule has 2 aliphatic carbocycles. The number of rotatable bonds is 2. The maximum atomic E-state index is 10.4. The summed E-state index contributed by atoms with van der Waals surface area (Å²) >= 11 is 0. The molecule has 4 rings (SSSR count). The fourth-order valence-corrected chi connectivity index (χ4v) is 6.58. The number of phenolic OH excluding ortho intramolecular Hbond substituents is 2. The molecule has 3 atom stereocenters. The van der Waals surface area contributed by atoms with E-state index in [9.17, 15) is 20.3 Å². The molecular weight excluding hydrogens is 367 g/mol. The molecule has 1 saturated carbocycles. The van der Waals surface area contributed by atoms with Crippen LogP contribution < -0.4 is 5.46 Å². The van der Waals surface area contributed by atoms with Crippen LogP contribution in [-0.2, 0) is 5.41 Å². The Morgan fingerprint density at radius 3 is 2.41 bits per heavy atom. The van der Waals surface area contributed by atoms with Crippen LogP contribution >= 0.6 is 0 Å². The Morgan fingerprint density at radius 1 is 1.10 bits per heavy atom. The lowest BCUT2D eigenvalue weighted by molar-refractivity contribution is 0.0498. The molecule has 0 aliphatic heterocycles. The van der Waals surface area contributed by atoms with Gasteiger partial charge in [-0.25, -0.2) is 0 Å². The van der Waals surface area contributed by atoms with E-state index in [-0.39, 0.29) is 33.5 Å². The summed E-state index contributed by atoms with van der Waals surface area (Å²) in [6.45, 7) is 11.4. The van der Waals surface area contributed by atoms with E-state index in [1.54, 1.807) is 6.07 Å². The van der Waals surface area contributed by atoms with E-state index >= 15 is 0 Å². The Labute approximate surface area is 172 Å². The van der Waals surface area contributed by atoms with E-state index in [0.717, 1.165) is 37.0 Å². The van der Waals surface area contributed by atoms with Gasteiger partial charge in [0.15, 0.2) is 11.5 Å². The minimum absolute atomic E-state index is 0.132. The first kappa shape index (κ1) is 20.6. The van der Waals surface area contributed by atoms with Crippen molar-refractivity contribution in [1.82, 2.24) is 0 Å². The predicted molar refractivity (Wildman–Crippen MR) is 115 cm³/mol. The summed E-state index contributed by atoms with van der Waals surface area (Å²) in [5, 5.41) is 41.2. The number of hydrogen-bond acceptors (Lipinski definition) is 5. The van der Waals surface area contributed by atoms with Crippen LogP contribution in [0.2, 0.25) is 0 Å². The first-order valence-electron chi connectivity index (χ1n) is 10.9. The number of fused-ring (bicyclic) bond motifs is 5. The third-order valence-corrected chi connectivity index (χ3v) is 7.96. The highest BCUT2D eigenvalue weighted by Gasteiger charge is 2.52. The van der Waals surface area contributed by atoms with Gasteiger partial charge in [0, 0.05) is 16.9 Å². The Morgan fingerprint density at radius 2 is 1.79 bits per heavy atom. The molecule has 3 unspecified atom stereocenters. The minimum atomic E-state index is -1.93. The predicted octanol–water partition coefficient (Wildman–Crippen LogP) is 4.14. The number of phenols is 2. The van der Waals surface area contributed by atoms with Gasteiger partial charge in [-0.05, 0) is 54.4 Å². The number of aromatic hydroxyl groups is 2. The molecule has 2 aliphatic rings. The molecule has 0 amide bonds. The maximum absolute atomic E-state index is 10.4. The lowest BCUT2D eigenvalue weighted by Gasteiger charge is -2.50. The Kier molecular flexibility index (Phi) is 4.75. The van der Waals surface area contributed by atoms with Crippen molar-refractivity contribution in [3.63, 3.8) is 0 Å². The molecule has 5 nitrogen and oxygen atoms in total. The number of benzene rings is 1. The van der Waals surface area contributed by atoms with Gasteiger partial charge in [-0.3, -0.25) is 0 Å². The molecule has 2 aromatic rings. The zero-order valence-electron chi connectivity index (χ0n) is 18.1. The molecule has 4 N–H and O–H groups in total. The van der Waals surface area contributed by atoms with E-state index in [0.29, 0.717) is 17.2 Å². The van der Waals surface area contributed by atoms with Crippen LogP contribution in [0.1, 0.15) is 84.0 Å². The summed E-state index contributed by atoms with van der Waals surface area (Å²) in [5.41, 5.74) is 1.30. The lowest BCUT2D eigenvalue weighted by Crippen LogP contribution is -2.44. The smallest absolute Gasteiger partial charge is 0.496 e. The van der Waals surface area contributed by atoms with Crippen molar-refractivity contribution in [3.05, 3.63) is 17.4 Å². The molecule has 1 heterocycles. The van der Waals surface area contributed by atoms with Crippen molar-refractivity contribution in [2.45, 2.75) is 78.1 Å². The van der Waals surface area contributed by atoms with Crippen molar-refractivity contribution in [1.29, 1.82) is 0 Å². The van der Waals surface area contributed by atoms with E-state index < -0.39 is 12.9 Å². The molecule has 29 heavy (non-hydrogen) atoms. The van der Waals surface area contributed by atoms with Crippen molar-refractivity contribution >= 4 is 23.6 Å². The normalized spacial score (nSPS) is 28.8. The van der Waals surface area contributed by atoms with Crippen molar-refractivity contribution in [2.75, 3.05) is 0 Å². The highest BCUT2D eigenvalue weighted by Crippen LogP contribution is 2.60. The largest absolute Gasteiger partial charge is 0.504 e. The number of hydrogen-bond donors (Lipinski definition) is 4. The van der Waals surface area contributed by atoms with Crippen LogP contribution in [0.3, 0.4) is 0 Å². The second-order valence-electron chi connectivity index (χ2n) is 10.5. The zero-order valence-corrected chi connectivity index (χ0v) is 18.1.